The molecule has 3 aromatic carbocycles. The maximum atomic E-state index is 5.05. The van der Waals surface area contributed by atoms with Gasteiger partial charge in [0.05, 0.1) is 34.2 Å². The SMILES string of the molecule is CC(c1ccccc1)c1nc2ccccn2c1NC1CCCCC1.Cc1ccc2nc(C3CCCCC3)c(NC3CCCC3)n2c1.Cc1cccc2nc(C3CCCCC3)c(NC3CCCC3)n12.Cc1cccn2c(NC3CCCCC3)c(C(C)c3ccccc3)nc12.Cc1ccn2c(NC3CCCC3)c(C3CCCCC3)nc2c1.Cc1ccn2c(NC3CCCCC3)c(C(C)c3ccccc3)nc2c1. The average molecular weight is 1880 g/mol. The van der Waals surface area contributed by atoms with Gasteiger partial charge >= 0.3 is 0 Å². The number of benzene rings is 3. The van der Waals surface area contributed by atoms with Crippen molar-refractivity contribution in [1.82, 2.24) is 56.3 Å². The van der Waals surface area contributed by atoms with E-state index >= 15 is 0 Å². The summed E-state index contributed by atoms with van der Waals surface area (Å²) in [6.07, 6.45) is 66.8. The Hall–Kier alpha value is -11.4. The van der Waals surface area contributed by atoms with Crippen molar-refractivity contribution in [2.24, 2.45) is 0 Å². The number of imidazole rings is 6. The lowest BCUT2D eigenvalue weighted by Crippen LogP contribution is -2.24. The number of nitrogens with zero attached hydrogens (tertiary/aromatic N) is 12. The molecule has 0 aliphatic heterocycles. The Kier molecular flexibility index (Phi) is 32.7. The van der Waals surface area contributed by atoms with Crippen LogP contribution in [0.15, 0.2) is 207 Å². The van der Waals surface area contributed by atoms with E-state index in [1.54, 1.807) is 0 Å². The minimum absolute atomic E-state index is 0.270. The van der Waals surface area contributed by atoms with Gasteiger partial charge in [-0.1, -0.05) is 290 Å². The van der Waals surface area contributed by atoms with Crippen LogP contribution >= 0.6 is 0 Å². The first kappa shape index (κ1) is 97.4. The van der Waals surface area contributed by atoms with Crippen molar-refractivity contribution in [3.63, 3.8) is 0 Å². The van der Waals surface area contributed by atoms with Gasteiger partial charge in [-0.15, -0.1) is 0 Å². The molecular weight excluding hydrogens is 1720 g/mol. The smallest absolute Gasteiger partial charge is 0.141 e. The highest BCUT2D eigenvalue weighted by atomic mass is 15.2. The topological polar surface area (TPSA) is 176 Å². The maximum absolute atomic E-state index is 5.05. The second-order valence-electron chi connectivity index (χ2n) is 43.3. The second-order valence-corrected chi connectivity index (χ2v) is 43.3. The number of hydrogen-bond acceptors (Lipinski definition) is 12. The molecule has 0 radical (unpaired) electrons. The molecule has 15 aromatic rings. The fraction of sp³-hybridized carbons (Fsp3) is 0.508. The zero-order valence-electron chi connectivity index (χ0n) is 85.6. The van der Waals surface area contributed by atoms with Crippen molar-refractivity contribution in [3.05, 3.63) is 286 Å². The predicted octanol–water partition coefficient (Wildman–Crippen LogP) is 31.4. The van der Waals surface area contributed by atoms with Gasteiger partial charge in [0.25, 0.3) is 0 Å². The summed E-state index contributed by atoms with van der Waals surface area (Å²) >= 11 is 0. The van der Waals surface area contributed by atoms with E-state index < -0.39 is 0 Å². The van der Waals surface area contributed by atoms with Crippen LogP contribution in [0.2, 0.25) is 0 Å². The van der Waals surface area contributed by atoms with Crippen LogP contribution in [0.25, 0.3) is 33.9 Å². The number of fused-ring (bicyclic) bond motifs is 6. The quantitative estimate of drug-likeness (QED) is 0.0402. The number of aromatic nitrogens is 12. The highest BCUT2D eigenvalue weighted by Gasteiger charge is 2.33. The van der Waals surface area contributed by atoms with Crippen LogP contribution in [0.4, 0.5) is 34.9 Å². The standard InChI is InChI=1S/2C22H27N3.C21H25N3.3C19H27N3/c1-16-10-9-15-25-21(16)24-20(17(2)18-11-5-3-6-12-18)22(25)23-19-13-7-4-8-14-19;1-16-13-14-25-20(15-16)24-21(17(2)18-9-5-3-6-10-18)22(25)23-19-11-7-4-8-12-19;1-16(17-10-4-2-5-11-17)20-21(22-18-12-6-3-7-13-18)24-15-9-8-14-19(24)23-20;1-14-8-7-13-17-21-18(15-9-3-2-4-10-15)19(22(14)17)20-16-11-5-6-12-16;1-14-11-12-22-17(13-14)21-18(15-7-3-2-4-8-15)19(22)20-16-9-5-6-10-16;1-14-11-12-17-21-18(15-7-3-2-4-8-15)19(22(17)13-14)20-16-9-5-6-10-16/h3,5-6,9-12,15,17,19,23H,4,7-8,13-14H2,1-2H3;3,5-6,9-10,13-15,17,19,23H,4,7-8,11-12H2,1-2H3;2,4-5,8-11,14-16,18,22H,3,6-7,12-13H2,1H3;7-8,13,15-16,20H,2-6,9-12H2,1H3;2*11-13,15-16,20H,2-10H2,1H3. The van der Waals surface area contributed by atoms with E-state index in [9.17, 15) is 0 Å². The first-order valence-electron chi connectivity index (χ1n) is 55.4. The third kappa shape index (κ3) is 23.5. The van der Waals surface area contributed by atoms with Gasteiger partial charge in [0.2, 0.25) is 0 Å². The van der Waals surface area contributed by atoms with Crippen LogP contribution in [-0.2, 0) is 0 Å². The number of nitrogens with one attached hydrogen (secondary N) is 6. The molecule has 12 heterocycles. The Balaban J connectivity index is 0.000000107. The minimum Gasteiger partial charge on any atom is -0.367 e. The highest BCUT2D eigenvalue weighted by molar-refractivity contribution is 5.65. The van der Waals surface area contributed by atoms with Gasteiger partial charge in [-0.3, -0.25) is 26.4 Å². The summed E-state index contributed by atoms with van der Waals surface area (Å²) in [7, 11) is 0. The molecule has 6 N–H and O–H groups in total. The van der Waals surface area contributed by atoms with Gasteiger partial charge in [0.1, 0.15) is 68.8 Å². The largest absolute Gasteiger partial charge is 0.367 e. The van der Waals surface area contributed by atoms with Crippen LogP contribution in [0, 0.1) is 34.6 Å². The third-order valence-electron chi connectivity index (χ3n) is 32.7. The second kappa shape index (κ2) is 47.0. The molecule has 24 rings (SSSR count). The lowest BCUT2D eigenvalue weighted by molar-refractivity contribution is 0.438. The molecular formula is C122H160N18. The Morgan fingerprint density at radius 1 is 0.243 bits per heavy atom. The van der Waals surface area contributed by atoms with E-state index in [1.165, 1.54) is 366 Å². The van der Waals surface area contributed by atoms with Crippen molar-refractivity contribution in [1.29, 1.82) is 0 Å². The van der Waals surface area contributed by atoms with Crippen molar-refractivity contribution in [3.8, 4) is 0 Å². The number of anilines is 6. The number of hydrogen-bond donors (Lipinski definition) is 6. The zero-order valence-corrected chi connectivity index (χ0v) is 85.6. The van der Waals surface area contributed by atoms with Gasteiger partial charge in [0, 0.05) is 108 Å². The normalized spacial score (nSPS) is 18.7. The van der Waals surface area contributed by atoms with Gasteiger partial charge in [-0.05, 0) is 250 Å². The number of aryl methyl sites for hydroxylation is 5. The Bertz CT molecular complexity index is 6420. The average Bonchev–Trinajstić information content (AvgIpc) is 1.63. The van der Waals surface area contributed by atoms with Crippen LogP contribution in [-0.4, -0.2) is 92.6 Å². The fourth-order valence-electron chi connectivity index (χ4n) is 24.6. The van der Waals surface area contributed by atoms with E-state index in [1.807, 2.05) is 0 Å². The third-order valence-corrected chi connectivity index (χ3v) is 32.7. The van der Waals surface area contributed by atoms with Crippen molar-refractivity contribution >= 4 is 68.8 Å². The molecule has 0 spiro atoms. The van der Waals surface area contributed by atoms with E-state index in [0.717, 1.165) is 51.0 Å². The molecule has 3 unspecified atom stereocenters. The van der Waals surface area contributed by atoms with Crippen molar-refractivity contribution in [2.75, 3.05) is 31.9 Å². The first-order valence-corrected chi connectivity index (χ1v) is 55.4. The van der Waals surface area contributed by atoms with Gasteiger partial charge in [-0.25, -0.2) is 29.9 Å². The molecule has 12 aromatic heterocycles. The lowest BCUT2D eigenvalue weighted by atomic mass is 9.87. The molecule has 0 saturated heterocycles. The van der Waals surface area contributed by atoms with Crippen LogP contribution in [0.1, 0.15) is 405 Å². The summed E-state index contributed by atoms with van der Waals surface area (Å²) in [5, 5.41) is 23.1. The van der Waals surface area contributed by atoms with E-state index in [-0.39, 0.29) is 17.8 Å². The van der Waals surface area contributed by atoms with Crippen LogP contribution in [0.3, 0.4) is 0 Å². The van der Waals surface area contributed by atoms with Gasteiger partial charge < -0.3 is 31.9 Å². The van der Waals surface area contributed by atoms with Gasteiger partial charge in [0.15, 0.2) is 0 Å². The molecule has 140 heavy (non-hydrogen) atoms. The zero-order chi connectivity index (χ0) is 95.6. The molecule has 0 bridgehead atoms. The lowest BCUT2D eigenvalue weighted by Gasteiger charge is -2.25. The van der Waals surface area contributed by atoms with E-state index in [2.05, 4.69) is 321 Å². The predicted molar refractivity (Wildman–Crippen MR) is 583 cm³/mol. The summed E-state index contributed by atoms with van der Waals surface area (Å²) in [6.45, 7) is 17.6. The van der Waals surface area contributed by atoms with Crippen LogP contribution in [0.5, 0.6) is 0 Å². The van der Waals surface area contributed by atoms with Gasteiger partial charge in [-0.2, -0.15) is 0 Å². The maximum Gasteiger partial charge on any atom is 0.141 e. The Labute approximate surface area is 834 Å². The molecule has 18 heteroatoms. The van der Waals surface area contributed by atoms with Crippen LogP contribution < -0.4 is 31.9 Å². The van der Waals surface area contributed by atoms with Crippen molar-refractivity contribution < 1.29 is 0 Å². The molecule has 0 amide bonds. The highest BCUT2D eigenvalue weighted by Crippen LogP contribution is 2.45. The molecule has 3 atom stereocenters. The minimum atomic E-state index is 0.270. The molecule has 738 valence electrons. The molecule has 18 nitrogen and oxygen atoms in total. The summed E-state index contributed by atoms with van der Waals surface area (Å²) in [4.78, 5) is 30.1. The first-order chi connectivity index (χ1) is 68.7. The summed E-state index contributed by atoms with van der Waals surface area (Å²) in [5.74, 6) is 10.2. The molecule has 9 fully saturated rings. The molecule has 9 saturated carbocycles. The monoisotopic (exact) mass is 1880 g/mol. The Morgan fingerprint density at radius 2 is 0.564 bits per heavy atom. The van der Waals surface area contributed by atoms with E-state index in [4.69, 9.17) is 29.9 Å². The fourth-order valence-corrected chi connectivity index (χ4v) is 24.6. The summed E-state index contributed by atoms with van der Waals surface area (Å²) in [5.41, 5.74) is 24.2. The molecule has 9 aliphatic carbocycles. The molecule has 9 aliphatic rings. The number of rotatable bonds is 21. The van der Waals surface area contributed by atoms with Crippen molar-refractivity contribution in [2.45, 2.75) is 397 Å². The van der Waals surface area contributed by atoms with E-state index in [0.29, 0.717) is 54.0 Å². The summed E-state index contributed by atoms with van der Waals surface area (Å²) < 4.78 is 13.6. The number of pyridine rings is 6. The summed E-state index contributed by atoms with van der Waals surface area (Å²) in [6, 6.07) is 65.7. The Morgan fingerprint density at radius 3 is 1.01 bits per heavy atom.